The lowest BCUT2D eigenvalue weighted by Crippen LogP contribution is -2.74. The van der Waals surface area contributed by atoms with Crippen molar-refractivity contribution in [2.45, 2.75) is 17.5 Å². The second-order valence-electron chi connectivity index (χ2n) is 5.67. The highest BCUT2D eigenvalue weighted by molar-refractivity contribution is 9.09. The number of rotatable bonds is 6. The molecular weight excluding hydrogens is 424 g/mol. The summed E-state index contributed by atoms with van der Waals surface area (Å²) >= 11 is 4.72. The summed E-state index contributed by atoms with van der Waals surface area (Å²) in [7, 11) is 1.29. The highest BCUT2D eigenvalue weighted by atomic mass is 79.9. The van der Waals surface area contributed by atoms with Crippen LogP contribution in [0.1, 0.15) is 0 Å². The molecule has 1 N–H and O–H groups in total. The first-order valence-electron chi connectivity index (χ1n) is 7.84. The molecule has 0 saturated carbocycles. The zero-order valence-electron chi connectivity index (χ0n) is 13.9. The van der Waals surface area contributed by atoms with Crippen molar-refractivity contribution in [3.05, 3.63) is 41.3 Å². The Hall–Kier alpha value is -2.00. The first kappa shape index (κ1) is 18.8. The summed E-state index contributed by atoms with van der Waals surface area (Å²) in [4.78, 5) is 38.1. The van der Waals surface area contributed by atoms with Crippen LogP contribution in [0.25, 0.3) is 0 Å². The molecule has 9 heteroatoms. The van der Waals surface area contributed by atoms with E-state index < -0.39 is 24.0 Å². The van der Waals surface area contributed by atoms with E-state index in [-0.39, 0.29) is 17.9 Å². The molecule has 0 aromatic heterocycles. The molecule has 2 aliphatic heterocycles. The second-order valence-corrected chi connectivity index (χ2v) is 7.22. The van der Waals surface area contributed by atoms with Gasteiger partial charge in [-0.3, -0.25) is 9.59 Å². The van der Waals surface area contributed by atoms with Gasteiger partial charge < -0.3 is 19.7 Å². The average Bonchev–Trinajstić information content (AvgIpc) is 2.69. The number of hydrogen-bond donors (Lipinski definition) is 1. The number of methoxy groups -OCH3 is 1. The molecule has 1 aromatic carbocycles. The molecule has 2 aliphatic rings. The summed E-state index contributed by atoms with van der Waals surface area (Å²) in [5.41, 5.74) is 0.753. The normalized spacial score (nSPS) is 24.1. The number of fused-ring (bicyclic) bond motifs is 1. The molecule has 3 rings (SSSR count). The van der Waals surface area contributed by atoms with Gasteiger partial charge in [0.05, 0.1) is 7.11 Å². The number of thioether (sulfide) groups is 1. The lowest BCUT2D eigenvalue weighted by Gasteiger charge is -2.51. The van der Waals surface area contributed by atoms with Gasteiger partial charge in [0.2, 0.25) is 5.91 Å². The largest absolute Gasteiger partial charge is 0.484 e. The number of benzene rings is 1. The number of esters is 1. The van der Waals surface area contributed by atoms with Crippen molar-refractivity contribution in [3.63, 3.8) is 0 Å². The topological polar surface area (TPSA) is 84.9 Å². The second kappa shape index (κ2) is 8.13. The third-order valence-electron chi connectivity index (χ3n) is 4.08. The highest BCUT2D eigenvalue weighted by Gasteiger charge is 2.55. The van der Waals surface area contributed by atoms with Gasteiger partial charge >= 0.3 is 5.97 Å². The lowest BCUT2D eigenvalue weighted by atomic mass is 9.99. The van der Waals surface area contributed by atoms with Crippen molar-refractivity contribution in [3.8, 4) is 5.75 Å². The molecular formula is C17H17BrN2O5S. The van der Waals surface area contributed by atoms with E-state index in [9.17, 15) is 14.4 Å². The minimum absolute atomic E-state index is 0.186. The molecule has 138 valence electrons. The monoisotopic (exact) mass is 440 g/mol. The van der Waals surface area contributed by atoms with E-state index in [4.69, 9.17) is 9.47 Å². The van der Waals surface area contributed by atoms with Crippen molar-refractivity contribution in [1.82, 2.24) is 10.2 Å². The summed E-state index contributed by atoms with van der Waals surface area (Å²) in [6.45, 7) is -0.186. The van der Waals surface area contributed by atoms with Crippen LogP contribution in [0.5, 0.6) is 5.75 Å². The maximum Gasteiger partial charge on any atom is 0.333 e. The van der Waals surface area contributed by atoms with E-state index in [0.29, 0.717) is 11.1 Å². The molecule has 0 radical (unpaired) electrons. The molecule has 0 spiro atoms. The molecule has 1 aromatic rings. The Morgan fingerprint density at radius 1 is 1.31 bits per heavy atom. The van der Waals surface area contributed by atoms with Crippen LogP contribution < -0.4 is 10.1 Å². The minimum atomic E-state index is -0.758. The Labute approximate surface area is 163 Å². The summed E-state index contributed by atoms with van der Waals surface area (Å²) in [6.07, 6.45) is 0. The van der Waals surface area contributed by atoms with Crippen LogP contribution in [0.4, 0.5) is 0 Å². The van der Waals surface area contributed by atoms with Gasteiger partial charge in [0.25, 0.3) is 5.91 Å². The highest BCUT2D eigenvalue weighted by Crippen LogP contribution is 2.40. The third kappa shape index (κ3) is 3.59. The van der Waals surface area contributed by atoms with Crippen molar-refractivity contribution in [1.29, 1.82) is 0 Å². The Morgan fingerprint density at radius 3 is 2.69 bits per heavy atom. The zero-order chi connectivity index (χ0) is 18.7. The smallest absolute Gasteiger partial charge is 0.333 e. The Morgan fingerprint density at radius 2 is 2.04 bits per heavy atom. The van der Waals surface area contributed by atoms with Gasteiger partial charge in [-0.15, -0.1) is 11.8 Å². The number of ether oxygens (including phenoxy) is 2. The van der Waals surface area contributed by atoms with Gasteiger partial charge in [0.15, 0.2) is 12.6 Å². The molecule has 7 nitrogen and oxygen atoms in total. The van der Waals surface area contributed by atoms with Crippen molar-refractivity contribution >= 4 is 45.5 Å². The molecule has 2 amide bonds. The zero-order valence-corrected chi connectivity index (χ0v) is 16.3. The summed E-state index contributed by atoms with van der Waals surface area (Å²) in [6, 6.07) is 7.50. The van der Waals surface area contributed by atoms with Gasteiger partial charge in [-0.2, -0.15) is 0 Å². The van der Waals surface area contributed by atoms with Crippen LogP contribution in [0.2, 0.25) is 0 Å². The fourth-order valence-electron chi connectivity index (χ4n) is 2.80. The molecule has 3 atom stereocenters. The van der Waals surface area contributed by atoms with Crippen LogP contribution >= 0.6 is 27.7 Å². The summed E-state index contributed by atoms with van der Waals surface area (Å²) in [5.74, 6) is -0.617. The maximum atomic E-state index is 12.5. The third-order valence-corrected chi connectivity index (χ3v) is 5.94. The van der Waals surface area contributed by atoms with E-state index in [0.717, 1.165) is 5.57 Å². The number of amides is 2. The predicted octanol–water partition coefficient (Wildman–Crippen LogP) is 1.29. The number of hydrogen-bond acceptors (Lipinski definition) is 6. The number of halogens is 1. The van der Waals surface area contributed by atoms with Crippen LogP contribution in [0.3, 0.4) is 0 Å². The number of carbonyl (C=O) groups excluding carboxylic acids is 3. The maximum absolute atomic E-state index is 12.5. The van der Waals surface area contributed by atoms with Gasteiger partial charge in [-0.25, -0.2) is 4.79 Å². The molecule has 1 saturated heterocycles. The fraction of sp³-hybridized carbons (Fsp3) is 0.353. The Kier molecular flexibility index (Phi) is 5.87. The molecule has 0 bridgehead atoms. The predicted molar refractivity (Wildman–Crippen MR) is 99.8 cm³/mol. The van der Waals surface area contributed by atoms with Gasteiger partial charge in [0, 0.05) is 5.33 Å². The van der Waals surface area contributed by atoms with Crippen molar-refractivity contribution < 1.29 is 23.9 Å². The number of para-hydroxylation sites is 1. The van der Waals surface area contributed by atoms with E-state index >= 15 is 0 Å². The van der Waals surface area contributed by atoms with Crippen LogP contribution in [-0.2, 0) is 19.1 Å². The minimum Gasteiger partial charge on any atom is -0.484 e. The fourth-order valence-corrected chi connectivity index (χ4v) is 4.71. The molecule has 2 heterocycles. The number of nitrogens with zero attached hydrogens (tertiary/aromatic N) is 1. The molecule has 0 aliphatic carbocycles. The van der Waals surface area contributed by atoms with Crippen LogP contribution in [0, 0.1) is 0 Å². The van der Waals surface area contributed by atoms with E-state index in [2.05, 4.69) is 21.2 Å². The molecule has 26 heavy (non-hydrogen) atoms. The van der Waals surface area contributed by atoms with Gasteiger partial charge in [0.1, 0.15) is 17.2 Å². The van der Waals surface area contributed by atoms with Gasteiger partial charge in [-0.05, 0) is 23.1 Å². The number of alkyl halides is 1. The summed E-state index contributed by atoms with van der Waals surface area (Å²) < 4.78 is 10.2. The molecule has 2 unspecified atom stereocenters. The van der Waals surface area contributed by atoms with Crippen molar-refractivity contribution in [2.24, 2.45) is 0 Å². The van der Waals surface area contributed by atoms with Crippen LogP contribution in [0.15, 0.2) is 41.3 Å². The van der Waals surface area contributed by atoms with Crippen molar-refractivity contribution in [2.75, 3.05) is 19.0 Å². The standard InChI is InChI=1S/C17H17BrN2O5S/c1-24-17(23)14-10(7-18)9-26-16-13(15(22)20(14)16)19-12(21)8-25-11-5-3-2-4-6-11/h2-6,9,13-14,16H,7-8H2,1H3,(H,19,21)/t13?,14?,16-/m1/s1. The number of nitrogens with one attached hydrogen (secondary N) is 1. The Balaban J connectivity index is 1.61. The van der Waals surface area contributed by atoms with E-state index in [1.54, 1.807) is 24.3 Å². The van der Waals surface area contributed by atoms with E-state index in [1.807, 2.05) is 11.5 Å². The summed E-state index contributed by atoms with van der Waals surface area (Å²) in [5, 5.41) is 4.63. The van der Waals surface area contributed by atoms with Gasteiger partial charge in [-0.1, -0.05) is 34.1 Å². The lowest BCUT2D eigenvalue weighted by molar-refractivity contribution is -0.161. The Bertz CT molecular complexity index is 742. The quantitative estimate of drug-likeness (QED) is 0.407. The SMILES string of the molecule is COC(=O)C1C(CBr)=CS[C@@H]2C(NC(=O)COc3ccccc3)C(=O)N12. The first-order valence-corrected chi connectivity index (χ1v) is 9.90. The number of carbonyl (C=O) groups is 3. The van der Waals surface area contributed by atoms with Crippen LogP contribution in [-0.4, -0.2) is 59.2 Å². The first-order chi connectivity index (χ1) is 12.6. The van der Waals surface area contributed by atoms with E-state index in [1.165, 1.54) is 23.8 Å². The number of β-lactam (4-membered cyclic amide) rings is 1. The molecule has 1 fully saturated rings. The average molecular weight is 441 g/mol.